The van der Waals surface area contributed by atoms with Crippen molar-refractivity contribution in [2.45, 2.75) is 25.3 Å². The highest BCUT2D eigenvalue weighted by Crippen LogP contribution is 2.22. The molecule has 0 unspecified atom stereocenters. The van der Waals surface area contributed by atoms with Crippen molar-refractivity contribution < 1.29 is 0 Å². The van der Waals surface area contributed by atoms with Crippen LogP contribution in [0.5, 0.6) is 0 Å². The summed E-state index contributed by atoms with van der Waals surface area (Å²) in [6, 6.07) is 0. The van der Waals surface area contributed by atoms with Gasteiger partial charge in [0.05, 0.1) is 12.4 Å². The van der Waals surface area contributed by atoms with Crippen LogP contribution >= 0.6 is 0 Å². The Morgan fingerprint density at radius 2 is 2.18 bits per heavy atom. The van der Waals surface area contributed by atoms with Gasteiger partial charge < -0.3 is 10.6 Å². The Morgan fingerprint density at radius 3 is 3.00 bits per heavy atom. The van der Waals surface area contributed by atoms with E-state index in [2.05, 4.69) is 38.1 Å². The van der Waals surface area contributed by atoms with Crippen molar-refractivity contribution in [3.8, 4) is 0 Å². The molecule has 7 nitrogen and oxygen atoms in total. The molecule has 1 aliphatic rings. The number of fused-ring (bicyclic) bond motifs is 1. The van der Waals surface area contributed by atoms with E-state index >= 15 is 0 Å². The highest BCUT2D eigenvalue weighted by atomic mass is 15.5. The smallest absolute Gasteiger partial charge is 0.199 e. The summed E-state index contributed by atoms with van der Waals surface area (Å²) >= 11 is 0. The number of hydrogen-bond donors (Lipinski definition) is 2. The molecule has 0 bridgehead atoms. The van der Waals surface area contributed by atoms with Crippen molar-refractivity contribution in [3.05, 3.63) is 12.4 Å². The van der Waals surface area contributed by atoms with Crippen molar-refractivity contribution in [3.63, 3.8) is 0 Å². The molecule has 3 heterocycles. The molecule has 0 aromatic carbocycles. The van der Waals surface area contributed by atoms with Gasteiger partial charge in [0.1, 0.15) is 0 Å². The van der Waals surface area contributed by atoms with Gasteiger partial charge in [0, 0.05) is 5.54 Å². The number of nitrogens with one attached hydrogen (secondary N) is 2. The summed E-state index contributed by atoms with van der Waals surface area (Å²) in [7, 11) is 0. The van der Waals surface area contributed by atoms with Gasteiger partial charge >= 0.3 is 0 Å². The third-order valence-corrected chi connectivity index (χ3v) is 3.25. The molecule has 1 fully saturated rings. The summed E-state index contributed by atoms with van der Waals surface area (Å²) in [5.41, 5.74) is 0.736. The van der Waals surface area contributed by atoms with Crippen LogP contribution in [0.4, 0.5) is 5.82 Å². The zero-order valence-corrected chi connectivity index (χ0v) is 9.72. The second-order valence-electron chi connectivity index (χ2n) is 4.68. The molecule has 2 aromatic heterocycles. The van der Waals surface area contributed by atoms with E-state index in [1.165, 1.54) is 0 Å². The van der Waals surface area contributed by atoms with Crippen LogP contribution in [0.1, 0.15) is 19.8 Å². The average Bonchev–Trinajstić information content (AvgIpc) is 2.79. The molecule has 2 aromatic rings. The minimum absolute atomic E-state index is 0.0766. The molecule has 0 aliphatic carbocycles. The Bertz CT molecular complexity index is 514. The van der Waals surface area contributed by atoms with Gasteiger partial charge in [-0.1, -0.05) is 0 Å². The van der Waals surface area contributed by atoms with E-state index in [9.17, 15) is 0 Å². The summed E-state index contributed by atoms with van der Waals surface area (Å²) in [4.78, 5) is 4.14. The van der Waals surface area contributed by atoms with Crippen LogP contribution in [0.15, 0.2) is 12.4 Å². The van der Waals surface area contributed by atoms with E-state index in [0.29, 0.717) is 5.65 Å². The molecule has 2 N–H and O–H groups in total. The Labute approximate surface area is 98.6 Å². The lowest BCUT2D eigenvalue weighted by Gasteiger charge is -2.35. The number of nitrogens with zero attached hydrogens (tertiary/aromatic N) is 5. The predicted octanol–water partition coefficient (Wildman–Crippen LogP) is 0.0733. The van der Waals surface area contributed by atoms with Gasteiger partial charge in [-0.3, -0.25) is 4.98 Å². The second kappa shape index (κ2) is 3.92. The summed E-state index contributed by atoms with van der Waals surface area (Å²) in [6.07, 6.45) is 5.56. The van der Waals surface area contributed by atoms with Gasteiger partial charge in [-0.25, -0.2) is 0 Å². The topological polar surface area (TPSA) is 80.0 Å². The van der Waals surface area contributed by atoms with Crippen LogP contribution in [0.3, 0.4) is 0 Å². The quantitative estimate of drug-likeness (QED) is 0.764. The first-order chi connectivity index (χ1) is 8.27. The lowest BCUT2D eigenvalue weighted by Crippen LogP contribution is -2.45. The van der Waals surface area contributed by atoms with Gasteiger partial charge in [-0.2, -0.15) is 4.52 Å². The molecule has 1 saturated heterocycles. The van der Waals surface area contributed by atoms with Crippen molar-refractivity contribution in [2.24, 2.45) is 0 Å². The van der Waals surface area contributed by atoms with E-state index in [1.54, 1.807) is 16.9 Å². The molecular weight excluding hydrogens is 218 g/mol. The molecule has 0 saturated carbocycles. The highest BCUT2D eigenvalue weighted by molar-refractivity contribution is 5.45. The van der Waals surface area contributed by atoms with Crippen LogP contribution in [-0.4, -0.2) is 43.7 Å². The maximum atomic E-state index is 4.14. The first-order valence-corrected chi connectivity index (χ1v) is 5.78. The van der Waals surface area contributed by atoms with Crippen LogP contribution < -0.4 is 10.6 Å². The van der Waals surface area contributed by atoms with Crippen molar-refractivity contribution in [2.75, 3.05) is 18.4 Å². The normalized spacial score (nSPS) is 19.4. The standard InChI is InChI=1S/C10H15N7/c1-10(2-4-11-5-3-10)13-8-6-12-7-9-14-15-16-17(8)9/h6-7,11,13H,2-5H2,1H3. The molecule has 1 aliphatic heterocycles. The SMILES string of the molecule is CC1(Nc2cncc3nnnn23)CCNCC1. The molecule has 0 radical (unpaired) electrons. The van der Waals surface area contributed by atoms with E-state index in [4.69, 9.17) is 0 Å². The first-order valence-electron chi connectivity index (χ1n) is 5.78. The van der Waals surface area contributed by atoms with Gasteiger partial charge in [0.15, 0.2) is 11.5 Å². The largest absolute Gasteiger partial charge is 0.363 e. The van der Waals surface area contributed by atoms with Crippen LogP contribution in [0.2, 0.25) is 0 Å². The lowest BCUT2D eigenvalue weighted by atomic mass is 9.91. The number of rotatable bonds is 2. The highest BCUT2D eigenvalue weighted by Gasteiger charge is 2.27. The van der Waals surface area contributed by atoms with E-state index < -0.39 is 0 Å². The first kappa shape index (κ1) is 10.4. The van der Waals surface area contributed by atoms with E-state index in [0.717, 1.165) is 31.7 Å². The van der Waals surface area contributed by atoms with Crippen molar-refractivity contribution >= 4 is 11.5 Å². The van der Waals surface area contributed by atoms with Crippen molar-refractivity contribution in [1.82, 2.24) is 30.3 Å². The summed E-state index contributed by atoms with van der Waals surface area (Å²) in [5, 5.41) is 18.3. The number of piperidine rings is 1. The summed E-state index contributed by atoms with van der Waals surface area (Å²) in [5.74, 6) is 0.844. The third-order valence-electron chi connectivity index (χ3n) is 3.25. The van der Waals surface area contributed by atoms with Crippen LogP contribution in [0.25, 0.3) is 5.65 Å². The monoisotopic (exact) mass is 233 g/mol. The van der Waals surface area contributed by atoms with Gasteiger partial charge in [0.2, 0.25) is 0 Å². The molecule has 17 heavy (non-hydrogen) atoms. The minimum atomic E-state index is 0.0766. The molecular formula is C10H15N7. The van der Waals surface area contributed by atoms with E-state index in [1.807, 2.05) is 0 Å². The fourth-order valence-corrected chi connectivity index (χ4v) is 2.17. The number of aromatic nitrogens is 5. The number of anilines is 1. The maximum Gasteiger partial charge on any atom is 0.199 e. The van der Waals surface area contributed by atoms with Crippen LogP contribution in [0, 0.1) is 0 Å². The van der Waals surface area contributed by atoms with E-state index in [-0.39, 0.29) is 5.54 Å². The minimum Gasteiger partial charge on any atom is -0.363 e. The predicted molar refractivity (Wildman–Crippen MR) is 62.7 cm³/mol. The summed E-state index contributed by atoms with van der Waals surface area (Å²) < 4.78 is 1.68. The zero-order chi connectivity index (χ0) is 11.7. The second-order valence-corrected chi connectivity index (χ2v) is 4.68. The Kier molecular flexibility index (Phi) is 2.40. The molecule has 0 amide bonds. The fraction of sp³-hybridized carbons (Fsp3) is 0.600. The Morgan fingerprint density at radius 1 is 1.35 bits per heavy atom. The Balaban J connectivity index is 1.91. The van der Waals surface area contributed by atoms with Crippen molar-refractivity contribution in [1.29, 1.82) is 0 Å². The molecule has 0 atom stereocenters. The average molecular weight is 233 g/mol. The lowest BCUT2D eigenvalue weighted by molar-refractivity contribution is 0.363. The number of tetrazole rings is 1. The zero-order valence-electron chi connectivity index (χ0n) is 9.72. The molecule has 3 rings (SSSR count). The number of hydrogen-bond acceptors (Lipinski definition) is 6. The van der Waals surface area contributed by atoms with Gasteiger partial charge in [0.25, 0.3) is 0 Å². The maximum absolute atomic E-state index is 4.14. The molecule has 90 valence electrons. The van der Waals surface area contributed by atoms with Crippen LogP contribution in [-0.2, 0) is 0 Å². The van der Waals surface area contributed by atoms with Gasteiger partial charge in [-0.15, -0.1) is 5.10 Å². The fourth-order valence-electron chi connectivity index (χ4n) is 2.17. The summed E-state index contributed by atoms with van der Waals surface area (Å²) in [6.45, 7) is 4.28. The third kappa shape index (κ3) is 1.93. The molecule has 7 heteroatoms. The Hall–Kier alpha value is -1.76. The molecule has 0 spiro atoms. The van der Waals surface area contributed by atoms with Gasteiger partial charge in [-0.05, 0) is 43.3 Å².